The van der Waals surface area contributed by atoms with E-state index in [0.29, 0.717) is 12.5 Å². The summed E-state index contributed by atoms with van der Waals surface area (Å²) in [7, 11) is 0. The lowest BCUT2D eigenvalue weighted by Gasteiger charge is -2.29. The highest BCUT2D eigenvalue weighted by molar-refractivity contribution is 5.79. The van der Waals surface area contributed by atoms with Gasteiger partial charge in [0, 0.05) is 24.9 Å². The Morgan fingerprint density at radius 3 is 2.31 bits per heavy atom. The van der Waals surface area contributed by atoms with E-state index in [-0.39, 0.29) is 11.8 Å². The molecule has 1 aliphatic carbocycles. The van der Waals surface area contributed by atoms with Gasteiger partial charge in [-0.3, -0.25) is 4.79 Å². The Bertz CT molecular complexity index is 284. The van der Waals surface area contributed by atoms with Crippen molar-refractivity contribution in [2.45, 2.75) is 57.4 Å². The summed E-state index contributed by atoms with van der Waals surface area (Å²) in [5, 5.41) is 0. The minimum absolute atomic E-state index is 0.165. The second kappa shape index (κ2) is 5.39. The molecule has 1 unspecified atom stereocenters. The Labute approximate surface area is 98.4 Å². The molecule has 0 N–H and O–H groups in total. The molecule has 88 valence electrons. The van der Waals surface area contributed by atoms with Gasteiger partial charge < -0.3 is 4.90 Å². The van der Waals surface area contributed by atoms with E-state index < -0.39 is 0 Å². The van der Waals surface area contributed by atoms with Crippen molar-refractivity contribution in [2.24, 2.45) is 5.92 Å². The minimum atomic E-state index is 0.165. The van der Waals surface area contributed by atoms with Crippen molar-refractivity contribution in [2.75, 3.05) is 6.54 Å². The molecule has 0 bridgehead atoms. The molecule has 1 saturated heterocycles. The zero-order valence-electron chi connectivity index (χ0n) is 9.95. The van der Waals surface area contributed by atoms with Crippen LogP contribution >= 0.6 is 0 Å². The fourth-order valence-electron chi connectivity index (χ4n) is 2.94. The van der Waals surface area contributed by atoms with Gasteiger partial charge in [0.25, 0.3) is 0 Å². The van der Waals surface area contributed by atoms with Gasteiger partial charge in [-0.2, -0.15) is 0 Å². The molecule has 1 amide bonds. The van der Waals surface area contributed by atoms with Crippen molar-refractivity contribution in [1.29, 1.82) is 0 Å². The minimum Gasteiger partial charge on any atom is -0.338 e. The van der Waals surface area contributed by atoms with E-state index in [1.165, 1.54) is 44.9 Å². The molecule has 1 aliphatic heterocycles. The zero-order valence-corrected chi connectivity index (χ0v) is 9.95. The van der Waals surface area contributed by atoms with E-state index in [1.54, 1.807) is 0 Å². The number of terminal acetylenes is 1. The van der Waals surface area contributed by atoms with Crippen molar-refractivity contribution < 1.29 is 4.79 Å². The van der Waals surface area contributed by atoms with Crippen molar-refractivity contribution >= 4 is 5.91 Å². The number of carbonyl (C=O) groups excluding carboxylic acids is 1. The Hall–Kier alpha value is -0.970. The fourth-order valence-corrected chi connectivity index (χ4v) is 2.94. The predicted molar refractivity (Wildman–Crippen MR) is 64.8 cm³/mol. The highest BCUT2D eigenvalue weighted by atomic mass is 16.2. The van der Waals surface area contributed by atoms with Gasteiger partial charge in [0.1, 0.15) is 0 Å². The summed E-state index contributed by atoms with van der Waals surface area (Å²) >= 11 is 0. The molecule has 0 aromatic carbocycles. The van der Waals surface area contributed by atoms with Gasteiger partial charge in [0.2, 0.25) is 5.91 Å². The van der Waals surface area contributed by atoms with Crippen molar-refractivity contribution in [3.05, 3.63) is 0 Å². The van der Waals surface area contributed by atoms with Crippen LogP contribution in [0.4, 0.5) is 0 Å². The van der Waals surface area contributed by atoms with E-state index in [2.05, 4.69) is 10.8 Å². The number of hydrogen-bond donors (Lipinski definition) is 0. The van der Waals surface area contributed by atoms with Crippen molar-refractivity contribution in [3.8, 4) is 12.3 Å². The molecule has 16 heavy (non-hydrogen) atoms. The number of carbonyl (C=O) groups is 1. The lowest BCUT2D eigenvalue weighted by atomic mass is 9.96. The second-order valence-electron chi connectivity index (χ2n) is 5.11. The highest BCUT2D eigenvalue weighted by Gasteiger charge is 2.33. The molecule has 2 heteroatoms. The van der Waals surface area contributed by atoms with Crippen LogP contribution in [0.25, 0.3) is 0 Å². The first kappa shape index (κ1) is 11.5. The quantitative estimate of drug-likeness (QED) is 0.621. The van der Waals surface area contributed by atoms with Gasteiger partial charge in [-0.05, 0) is 12.8 Å². The Morgan fingerprint density at radius 1 is 1.12 bits per heavy atom. The van der Waals surface area contributed by atoms with E-state index >= 15 is 0 Å². The third-order valence-corrected chi connectivity index (χ3v) is 3.91. The third-order valence-electron chi connectivity index (χ3n) is 3.91. The maximum atomic E-state index is 11.9. The molecule has 1 atom stereocenters. The maximum absolute atomic E-state index is 11.9. The van der Waals surface area contributed by atoms with Crippen LogP contribution in [0.2, 0.25) is 0 Å². The van der Waals surface area contributed by atoms with E-state index in [4.69, 9.17) is 6.42 Å². The molecule has 0 spiro atoms. The number of nitrogens with zero attached hydrogens (tertiary/aromatic N) is 1. The van der Waals surface area contributed by atoms with Crippen molar-refractivity contribution in [3.63, 3.8) is 0 Å². The molecule has 0 aromatic heterocycles. The summed E-state index contributed by atoms with van der Waals surface area (Å²) in [4.78, 5) is 13.9. The van der Waals surface area contributed by atoms with E-state index in [9.17, 15) is 4.79 Å². The van der Waals surface area contributed by atoms with E-state index in [1.807, 2.05) is 0 Å². The summed E-state index contributed by atoms with van der Waals surface area (Å²) in [6.07, 6.45) is 14.9. The van der Waals surface area contributed by atoms with Crippen LogP contribution in [0.5, 0.6) is 0 Å². The van der Waals surface area contributed by atoms with Gasteiger partial charge in [0.15, 0.2) is 0 Å². The third kappa shape index (κ3) is 2.58. The highest BCUT2D eigenvalue weighted by Crippen LogP contribution is 2.27. The van der Waals surface area contributed by atoms with Gasteiger partial charge in [-0.15, -0.1) is 12.3 Å². The first-order valence-corrected chi connectivity index (χ1v) is 6.57. The van der Waals surface area contributed by atoms with Gasteiger partial charge >= 0.3 is 0 Å². The average Bonchev–Trinajstić information content (AvgIpc) is 2.60. The number of amides is 1. The fraction of sp³-hybridized carbons (Fsp3) is 0.786. The molecule has 1 saturated carbocycles. The van der Waals surface area contributed by atoms with Crippen LogP contribution in [-0.4, -0.2) is 23.4 Å². The molecule has 0 radical (unpaired) electrons. The van der Waals surface area contributed by atoms with Crippen LogP contribution in [0.15, 0.2) is 0 Å². The van der Waals surface area contributed by atoms with Crippen LogP contribution in [-0.2, 0) is 4.79 Å². The van der Waals surface area contributed by atoms with Crippen LogP contribution in [0.3, 0.4) is 0 Å². The number of hydrogen-bond acceptors (Lipinski definition) is 1. The average molecular weight is 219 g/mol. The smallest absolute Gasteiger partial charge is 0.224 e. The van der Waals surface area contributed by atoms with Crippen LogP contribution in [0.1, 0.15) is 51.4 Å². The summed E-state index contributed by atoms with van der Waals surface area (Å²) < 4.78 is 0. The van der Waals surface area contributed by atoms with E-state index in [0.717, 1.165) is 6.54 Å². The van der Waals surface area contributed by atoms with Gasteiger partial charge in [-0.1, -0.05) is 32.1 Å². The molecule has 2 nitrogen and oxygen atoms in total. The molecule has 2 aliphatic rings. The topological polar surface area (TPSA) is 20.3 Å². The monoisotopic (exact) mass is 219 g/mol. The van der Waals surface area contributed by atoms with Crippen LogP contribution < -0.4 is 0 Å². The lowest BCUT2D eigenvalue weighted by Crippen LogP contribution is -2.37. The summed E-state index contributed by atoms with van der Waals surface area (Å²) in [5.41, 5.74) is 0. The lowest BCUT2D eigenvalue weighted by molar-refractivity contribution is -0.130. The zero-order chi connectivity index (χ0) is 11.4. The second-order valence-corrected chi connectivity index (χ2v) is 5.11. The largest absolute Gasteiger partial charge is 0.338 e. The Balaban J connectivity index is 1.95. The standard InChI is InChI=1S/C14H21NO/c1-2-12-10-14(16)15(11-12)13-8-6-4-3-5-7-9-13/h1,12-13H,3-11H2. The molecule has 2 fully saturated rings. The van der Waals surface area contributed by atoms with Gasteiger partial charge in [0.05, 0.1) is 0 Å². The SMILES string of the molecule is C#CC1CC(=O)N(C2CCCCCCC2)C1. The summed E-state index contributed by atoms with van der Waals surface area (Å²) in [6.45, 7) is 0.806. The normalized spacial score (nSPS) is 28.6. The van der Waals surface area contributed by atoms with Crippen LogP contribution in [0, 0.1) is 18.3 Å². The molecule has 0 aromatic rings. The maximum Gasteiger partial charge on any atom is 0.224 e. The predicted octanol–water partition coefficient (Wildman–Crippen LogP) is 2.58. The Morgan fingerprint density at radius 2 is 1.75 bits per heavy atom. The number of rotatable bonds is 1. The van der Waals surface area contributed by atoms with Crippen molar-refractivity contribution in [1.82, 2.24) is 4.90 Å². The summed E-state index contributed by atoms with van der Waals surface area (Å²) in [5.74, 6) is 3.18. The summed E-state index contributed by atoms with van der Waals surface area (Å²) in [6, 6.07) is 0.478. The molecular weight excluding hydrogens is 198 g/mol. The molecular formula is C14H21NO. The Kier molecular flexibility index (Phi) is 3.88. The number of likely N-dealkylation sites (tertiary alicyclic amines) is 1. The molecule has 2 rings (SSSR count). The first-order chi connectivity index (χ1) is 7.81. The molecule has 1 heterocycles. The van der Waals surface area contributed by atoms with Gasteiger partial charge in [-0.25, -0.2) is 0 Å². The first-order valence-electron chi connectivity index (χ1n) is 6.57.